The van der Waals surface area contributed by atoms with E-state index in [1.165, 1.54) is 12.4 Å². The third kappa shape index (κ3) is 3.32. The first kappa shape index (κ1) is 14.0. The third-order valence-electron chi connectivity index (χ3n) is 2.78. The van der Waals surface area contributed by atoms with Crippen molar-refractivity contribution < 1.29 is 14.3 Å². The predicted octanol–water partition coefficient (Wildman–Crippen LogP) is 2.46. The second-order valence-corrected chi connectivity index (χ2v) is 4.43. The quantitative estimate of drug-likeness (QED) is 0.800. The highest BCUT2D eigenvalue weighted by Gasteiger charge is 2.11. The number of esters is 1. The maximum atomic E-state index is 11.8. The zero-order chi connectivity index (χ0) is 14.5. The molecule has 20 heavy (non-hydrogen) atoms. The Morgan fingerprint density at radius 2 is 2.00 bits per heavy atom. The van der Waals surface area contributed by atoms with E-state index in [0.717, 1.165) is 16.8 Å². The Morgan fingerprint density at radius 1 is 1.20 bits per heavy atom. The molecule has 0 atom stereocenters. The molecule has 5 heteroatoms. The van der Waals surface area contributed by atoms with Crippen LogP contribution >= 0.6 is 0 Å². The van der Waals surface area contributed by atoms with E-state index in [0.29, 0.717) is 5.75 Å². The largest absolute Gasteiger partial charge is 0.496 e. The van der Waals surface area contributed by atoms with Crippen molar-refractivity contribution in [1.29, 1.82) is 0 Å². The molecule has 5 nitrogen and oxygen atoms in total. The summed E-state index contributed by atoms with van der Waals surface area (Å²) in [6, 6.07) is 5.72. The van der Waals surface area contributed by atoms with Crippen LogP contribution in [0.1, 0.15) is 27.3 Å². The van der Waals surface area contributed by atoms with Gasteiger partial charge >= 0.3 is 5.97 Å². The number of hydrogen-bond donors (Lipinski definition) is 0. The molecule has 0 spiro atoms. The first-order valence-corrected chi connectivity index (χ1v) is 6.19. The summed E-state index contributed by atoms with van der Waals surface area (Å²) < 4.78 is 10.5. The van der Waals surface area contributed by atoms with E-state index >= 15 is 0 Å². The highest BCUT2D eigenvalue weighted by molar-refractivity contribution is 5.86. The summed E-state index contributed by atoms with van der Waals surface area (Å²) in [6.07, 6.45) is 2.94. The zero-order valence-corrected chi connectivity index (χ0v) is 11.7. The van der Waals surface area contributed by atoms with E-state index in [-0.39, 0.29) is 12.3 Å². The molecule has 2 aromatic rings. The molecule has 0 saturated carbocycles. The minimum absolute atomic E-state index is 0.138. The molecule has 0 unspecified atom stereocenters. The van der Waals surface area contributed by atoms with Crippen molar-refractivity contribution in [2.24, 2.45) is 0 Å². The SMILES string of the molecule is COc1ccc(C)cc1COC(=O)c1cnc(C)cn1. The zero-order valence-electron chi connectivity index (χ0n) is 11.7. The van der Waals surface area contributed by atoms with Crippen molar-refractivity contribution in [3.05, 3.63) is 53.1 Å². The Morgan fingerprint density at radius 3 is 2.65 bits per heavy atom. The summed E-state index contributed by atoms with van der Waals surface area (Å²) in [6.45, 7) is 3.91. The highest BCUT2D eigenvalue weighted by Crippen LogP contribution is 2.20. The molecule has 0 amide bonds. The lowest BCUT2D eigenvalue weighted by Crippen LogP contribution is -2.08. The van der Waals surface area contributed by atoms with Crippen molar-refractivity contribution >= 4 is 5.97 Å². The normalized spacial score (nSPS) is 10.2. The van der Waals surface area contributed by atoms with Crippen LogP contribution < -0.4 is 4.74 Å². The number of ether oxygens (including phenoxy) is 2. The van der Waals surface area contributed by atoms with Gasteiger partial charge in [-0.2, -0.15) is 0 Å². The van der Waals surface area contributed by atoms with Crippen LogP contribution in [0.3, 0.4) is 0 Å². The van der Waals surface area contributed by atoms with Crippen LogP contribution in [-0.4, -0.2) is 23.0 Å². The molecule has 1 aromatic heterocycles. The van der Waals surface area contributed by atoms with Gasteiger partial charge in [-0.15, -0.1) is 0 Å². The lowest BCUT2D eigenvalue weighted by Gasteiger charge is -2.10. The van der Waals surface area contributed by atoms with Gasteiger partial charge in [0.15, 0.2) is 5.69 Å². The molecule has 0 saturated heterocycles. The Labute approximate surface area is 117 Å². The smallest absolute Gasteiger partial charge is 0.358 e. The molecular formula is C15H16N2O3. The number of nitrogens with zero attached hydrogens (tertiary/aromatic N) is 2. The summed E-state index contributed by atoms with van der Waals surface area (Å²) in [4.78, 5) is 19.8. The van der Waals surface area contributed by atoms with E-state index < -0.39 is 5.97 Å². The van der Waals surface area contributed by atoms with Gasteiger partial charge < -0.3 is 9.47 Å². The number of aromatic nitrogens is 2. The topological polar surface area (TPSA) is 61.3 Å². The molecule has 2 rings (SSSR count). The third-order valence-corrected chi connectivity index (χ3v) is 2.78. The number of methoxy groups -OCH3 is 1. The summed E-state index contributed by atoms with van der Waals surface area (Å²) in [7, 11) is 1.58. The fourth-order valence-electron chi connectivity index (χ4n) is 1.74. The van der Waals surface area contributed by atoms with Crippen molar-refractivity contribution in [1.82, 2.24) is 9.97 Å². The van der Waals surface area contributed by atoms with E-state index in [9.17, 15) is 4.79 Å². The van der Waals surface area contributed by atoms with Crippen molar-refractivity contribution in [2.75, 3.05) is 7.11 Å². The molecular weight excluding hydrogens is 256 g/mol. The first-order valence-electron chi connectivity index (χ1n) is 6.19. The molecule has 0 aliphatic rings. The van der Waals surface area contributed by atoms with Gasteiger partial charge in [0.1, 0.15) is 12.4 Å². The summed E-state index contributed by atoms with van der Waals surface area (Å²) in [5.74, 6) is 0.194. The number of benzene rings is 1. The van der Waals surface area contributed by atoms with E-state index in [1.807, 2.05) is 25.1 Å². The minimum atomic E-state index is -0.499. The maximum absolute atomic E-state index is 11.8. The fraction of sp³-hybridized carbons (Fsp3) is 0.267. The molecule has 0 fully saturated rings. The summed E-state index contributed by atoms with van der Waals surface area (Å²) in [5, 5.41) is 0. The Bertz CT molecular complexity index is 609. The second kappa shape index (κ2) is 6.14. The molecule has 0 aliphatic heterocycles. The van der Waals surface area contributed by atoms with Gasteiger partial charge in [-0.05, 0) is 26.0 Å². The Kier molecular flexibility index (Phi) is 4.30. The molecule has 1 heterocycles. The van der Waals surface area contributed by atoms with Gasteiger partial charge in [0, 0.05) is 11.8 Å². The van der Waals surface area contributed by atoms with Gasteiger partial charge in [0.05, 0.1) is 19.0 Å². The molecule has 0 aliphatic carbocycles. The standard InChI is InChI=1S/C15H16N2O3/c1-10-4-5-14(19-3)12(6-10)9-20-15(18)13-8-16-11(2)7-17-13/h4-8H,9H2,1-3H3. The van der Waals surface area contributed by atoms with Crippen molar-refractivity contribution in [3.8, 4) is 5.75 Å². The van der Waals surface area contributed by atoms with Crippen molar-refractivity contribution in [2.45, 2.75) is 20.5 Å². The van der Waals surface area contributed by atoms with E-state index in [4.69, 9.17) is 9.47 Å². The average molecular weight is 272 g/mol. The van der Waals surface area contributed by atoms with Gasteiger partial charge in [-0.3, -0.25) is 4.98 Å². The average Bonchev–Trinajstić information content (AvgIpc) is 2.45. The number of hydrogen-bond acceptors (Lipinski definition) is 5. The first-order chi connectivity index (χ1) is 9.60. The second-order valence-electron chi connectivity index (χ2n) is 4.43. The molecule has 1 aromatic carbocycles. The predicted molar refractivity (Wildman–Crippen MR) is 73.6 cm³/mol. The highest BCUT2D eigenvalue weighted by atomic mass is 16.5. The molecule has 0 bridgehead atoms. The maximum Gasteiger partial charge on any atom is 0.358 e. The van der Waals surface area contributed by atoms with Crippen LogP contribution in [0.15, 0.2) is 30.6 Å². The molecule has 104 valence electrons. The van der Waals surface area contributed by atoms with Crippen LogP contribution in [0.25, 0.3) is 0 Å². The van der Waals surface area contributed by atoms with E-state index in [2.05, 4.69) is 9.97 Å². The van der Waals surface area contributed by atoms with E-state index in [1.54, 1.807) is 14.0 Å². The van der Waals surface area contributed by atoms with Gasteiger partial charge in [0.2, 0.25) is 0 Å². The summed E-state index contributed by atoms with van der Waals surface area (Å²) >= 11 is 0. The van der Waals surface area contributed by atoms with Crippen LogP contribution in [0.4, 0.5) is 0 Å². The number of rotatable bonds is 4. The van der Waals surface area contributed by atoms with Crippen LogP contribution in [-0.2, 0) is 11.3 Å². The summed E-state index contributed by atoms with van der Waals surface area (Å²) in [5.41, 5.74) is 2.84. The Balaban J connectivity index is 2.06. The Hall–Kier alpha value is -2.43. The number of aryl methyl sites for hydroxylation is 2. The molecule has 0 N–H and O–H groups in total. The van der Waals surface area contributed by atoms with Crippen LogP contribution in [0.5, 0.6) is 5.75 Å². The fourth-order valence-corrected chi connectivity index (χ4v) is 1.74. The number of carbonyl (C=O) groups is 1. The van der Waals surface area contributed by atoms with Gasteiger partial charge in [0.25, 0.3) is 0 Å². The molecule has 0 radical (unpaired) electrons. The lowest BCUT2D eigenvalue weighted by atomic mass is 10.1. The van der Waals surface area contributed by atoms with Gasteiger partial charge in [-0.25, -0.2) is 9.78 Å². The van der Waals surface area contributed by atoms with Crippen molar-refractivity contribution in [3.63, 3.8) is 0 Å². The minimum Gasteiger partial charge on any atom is -0.496 e. The van der Waals surface area contributed by atoms with Crippen LogP contribution in [0.2, 0.25) is 0 Å². The number of carbonyl (C=O) groups excluding carboxylic acids is 1. The van der Waals surface area contributed by atoms with Crippen LogP contribution in [0, 0.1) is 13.8 Å². The monoisotopic (exact) mass is 272 g/mol. The lowest BCUT2D eigenvalue weighted by molar-refractivity contribution is 0.0462. The van der Waals surface area contributed by atoms with Gasteiger partial charge in [-0.1, -0.05) is 11.6 Å².